The molecule has 1 aromatic carbocycles. The summed E-state index contributed by atoms with van der Waals surface area (Å²) in [5.74, 6) is -2.48. The highest BCUT2D eigenvalue weighted by molar-refractivity contribution is 6.24. The summed E-state index contributed by atoms with van der Waals surface area (Å²) in [6, 6.07) is 1.91. The second-order valence-corrected chi connectivity index (χ2v) is 7.64. The molecule has 1 atom stereocenters. The van der Waals surface area contributed by atoms with Crippen molar-refractivity contribution in [2.45, 2.75) is 64.5 Å². The van der Waals surface area contributed by atoms with Crippen LogP contribution < -0.4 is 16.4 Å². The van der Waals surface area contributed by atoms with E-state index in [1.807, 2.05) is 0 Å². The van der Waals surface area contributed by atoms with Crippen LogP contribution in [0.15, 0.2) is 12.1 Å². The summed E-state index contributed by atoms with van der Waals surface area (Å²) >= 11 is 0. The number of nitrogen functional groups attached to an aromatic ring is 1. The summed E-state index contributed by atoms with van der Waals surface area (Å²) in [4.78, 5) is 62.5. The van der Waals surface area contributed by atoms with Gasteiger partial charge in [0.2, 0.25) is 17.7 Å². The van der Waals surface area contributed by atoms with Gasteiger partial charge >= 0.3 is 0 Å². The number of nitrogens with two attached hydrogens (primary N) is 1. The van der Waals surface area contributed by atoms with Crippen molar-refractivity contribution >= 4 is 47.6 Å². The average molecular weight is 451 g/mol. The number of carbonyl (C=O) groups is 5. The van der Waals surface area contributed by atoms with E-state index in [0.717, 1.165) is 30.6 Å². The first-order chi connectivity index (χ1) is 14.3. The lowest BCUT2D eigenvalue weighted by atomic mass is 10.0. The van der Waals surface area contributed by atoms with Gasteiger partial charge in [0.05, 0.1) is 11.1 Å². The molecule has 2 aliphatic rings. The third-order valence-electron chi connectivity index (χ3n) is 5.38. The van der Waals surface area contributed by atoms with Crippen LogP contribution in [0.4, 0.5) is 5.69 Å². The highest BCUT2D eigenvalue weighted by Crippen LogP contribution is 2.31. The Kier molecular flexibility index (Phi) is 8.15. The lowest BCUT2D eigenvalue weighted by molar-refractivity contribution is -0.136. The second kappa shape index (κ2) is 10.4. The van der Waals surface area contributed by atoms with Crippen LogP contribution in [0, 0.1) is 0 Å². The molecule has 2 heterocycles. The van der Waals surface area contributed by atoms with Gasteiger partial charge in [-0.3, -0.25) is 34.2 Å². The summed E-state index contributed by atoms with van der Waals surface area (Å²) in [5, 5.41) is 4.94. The number of halogens is 1. The van der Waals surface area contributed by atoms with Crippen LogP contribution in [-0.4, -0.2) is 40.5 Å². The number of hydrogen-bond acceptors (Lipinski definition) is 6. The molecule has 4 N–H and O–H groups in total. The van der Waals surface area contributed by atoms with Gasteiger partial charge in [-0.2, -0.15) is 0 Å². The zero-order valence-electron chi connectivity index (χ0n) is 17.4. The third kappa shape index (κ3) is 5.22. The van der Waals surface area contributed by atoms with Crippen LogP contribution in [-0.2, 0) is 20.9 Å². The number of carbonyl (C=O) groups excluding carboxylic acids is 5. The molecule has 1 saturated heterocycles. The van der Waals surface area contributed by atoms with Crippen molar-refractivity contribution in [1.29, 1.82) is 0 Å². The number of imide groups is 2. The molecule has 0 aromatic heterocycles. The Hall–Kier alpha value is -2.94. The molecule has 2 aliphatic heterocycles. The van der Waals surface area contributed by atoms with Crippen LogP contribution >= 0.6 is 12.4 Å². The highest BCUT2D eigenvalue weighted by Gasteiger charge is 2.45. The molecule has 1 unspecified atom stereocenters. The summed E-state index contributed by atoms with van der Waals surface area (Å²) in [5.41, 5.74) is 6.88. The topological polar surface area (TPSA) is 139 Å². The molecule has 0 saturated carbocycles. The first-order valence-corrected chi connectivity index (χ1v) is 10.2. The average Bonchev–Trinajstić information content (AvgIpc) is 2.94. The predicted molar refractivity (Wildman–Crippen MR) is 115 cm³/mol. The van der Waals surface area contributed by atoms with E-state index in [-0.39, 0.29) is 54.5 Å². The Morgan fingerprint density at radius 2 is 1.90 bits per heavy atom. The minimum Gasteiger partial charge on any atom is -0.399 e. The summed E-state index contributed by atoms with van der Waals surface area (Å²) in [7, 11) is 0. The number of benzene rings is 1. The maximum Gasteiger partial charge on any atom is 0.262 e. The van der Waals surface area contributed by atoms with Crippen molar-refractivity contribution in [3.8, 4) is 0 Å². The molecule has 168 valence electrons. The SMILES string of the molecule is CCCCCCC(=O)NCc1cc(N)cc2c1C(=O)N(C1CCC(=O)NC1=O)C2=O.Cl. The molecule has 1 aromatic rings. The van der Waals surface area contributed by atoms with Crippen LogP contribution in [0.2, 0.25) is 0 Å². The van der Waals surface area contributed by atoms with Gasteiger partial charge in [0, 0.05) is 25.1 Å². The van der Waals surface area contributed by atoms with Crippen LogP contribution in [0.5, 0.6) is 0 Å². The zero-order valence-corrected chi connectivity index (χ0v) is 18.2. The lowest BCUT2D eigenvalue weighted by Gasteiger charge is -2.27. The van der Waals surface area contributed by atoms with Gasteiger partial charge in [-0.1, -0.05) is 26.2 Å². The van der Waals surface area contributed by atoms with E-state index in [4.69, 9.17) is 5.73 Å². The maximum absolute atomic E-state index is 13.0. The molecule has 0 radical (unpaired) electrons. The van der Waals surface area contributed by atoms with Crippen LogP contribution in [0.3, 0.4) is 0 Å². The number of hydrogen-bond donors (Lipinski definition) is 3. The number of fused-ring (bicyclic) bond motifs is 1. The third-order valence-corrected chi connectivity index (χ3v) is 5.38. The molecule has 0 spiro atoms. The fourth-order valence-corrected chi connectivity index (χ4v) is 3.84. The molecular weight excluding hydrogens is 424 g/mol. The quantitative estimate of drug-likeness (QED) is 0.313. The summed E-state index contributed by atoms with van der Waals surface area (Å²) in [6.45, 7) is 2.15. The first kappa shape index (κ1) is 24.3. The first-order valence-electron chi connectivity index (χ1n) is 10.2. The predicted octanol–water partition coefficient (Wildman–Crippen LogP) is 1.68. The van der Waals surface area contributed by atoms with Gasteiger partial charge < -0.3 is 11.1 Å². The second-order valence-electron chi connectivity index (χ2n) is 7.64. The van der Waals surface area contributed by atoms with E-state index in [2.05, 4.69) is 17.6 Å². The Morgan fingerprint density at radius 1 is 1.16 bits per heavy atom. The van der Waals surface area contributed by atoms with Crippen molar-refractivity contribution < 1.29 is 24.0 Å². The number of unbranched alkanes of at least 4 members (excludes halogenated alkanes) is 3. The van der Waals surface area contributed by atoms with Crippen molar-refractivity contribution in [1.82, 2.24) is 15.5 Å². The number of amides is 5. The molecule has 0 aliphatic carbocycles. The number of nitrogens with zero attached hydrogens (tertiary/aromatic N) is 1. The van der Waals surface area contributed by atoms with E-state index >= 15 is 0 Å². The molecule has 5 amide bonds. The van der Waals surface area contributed by atoms with E-state index < -0.39 is 29.7 Å². The van der Waals surface area contributed by atoms with E-state index in [1.54, 1.807) is 6.07 Å². The number of nitrogens with one attached hydrogen (secondary N) is 2. The molecule has 10 heteroatoms. The smallest absolute Gasteiger partial charge is 0.262 e. The Balaban J connectivity index is 0.00000341. The summed E-state index contributed by atoms with van der Waals surface area (Å²) in [6.07, 6.45) is 4.43. The number of rotatable bonds is 8. The number of piperidine rings is 1. The van der Waals surface area contributed by atoms with Gasteiger partial charge in [0.1, 0.15) is 6.04 Å². The van der Waals surface area contributed by atoms with Gasteiger partial charge in [-0.05, 0) is 30.5 Å². The fraction of sp³-hybridized carbons (Fsp3) is 0.476. The largest absolute Gasteiger partial charge is 0.399 e. The monoisotopic (exact) mass is 450 g/mol. The zero-order chi connectivity index (χ0) is 21.8. The van der Waals surface area contributed by atoms with Gasteiger partial charge in [-0.25, -0.2) is 0 Å². The van der Waals surface area contributed by atoms with Gasteiger partial charge in [0.15, 0.2) is 0 Å². The molecule has 0 bridgehead atoms. The maximum atomic E-state index is 13.0. The normalized spacial score (nSPS) is 17.8. The van der Waals surface area contributed by atoms with Crippen molar-refractivity contribution in [3.63, 3.8) is 0 Å². The van der Waals surface area contributed by atoms with Crippen LogP contribution in [0.1, 0.15) is 78.1 Å². The Morgan fingerprint density at radius 3 is 2.58 bits per heavy atom. The molecule has 3 rings (SSSR count). The molecule has 9 nitrogen and oxygen atoms in total. The highest BCUT2D eigenvalue weighted by atomic mass is 35.5. The van der Waals surface area contributed by atoms with Crippen molar-refractivity contribution in [3.05, 3.63) is 28.8 Å². The van der Waals surface area contributed by atoms with E-state index in [1.165, 1.54) is 6.07 Å². The van der Waals surface area contributed by atoms with Gasteiger partial charge in [-0.15, -0.1) is 12.4 Å². The molecular formula is C21H27ClN4O5. The van der Waals surface area contributed by atoms with Gasteiger partial charge in [0.25, 0.3) is 11.8 Å². The molecule has 31 heavy (non-hydrogen) atoms. The minimum atomic E-state index is -1.04. The lowest BCUT2D eigenvalue weighted by Crippen LogP contribution is -2.54. The summed E-state index contributed by atoms with van der Waals surface area (Å²) < 4.78 is 0. The fourth-order valence-electron chi connectivity index (χ4n) is 3.84. The van der Waals surface area contributed by atoms with Crippen LogP contribution in [0.25, 0.3) is 0 Å². The Labute approximate surface area is 186 Å². The molecule has 1 fully saturated rings. The van der Waals surface area contributed by atoms with E-state index in [9.17, 15) is 24.0 Å². The van der Waals surface area contributed by atoms with E-state index in [0.29, 0.717) is 12.0 Å². The van der Waals surface area contributed by atoms with Crippen molar-refractivity contribution in [2.75, 3.05) is 5.73 Å². The van der Waals surface area contributed by atoms with Crippen molar-refractivity contribution in [2.24, 2.45) is 0 Å². The minimum absolute atomic E-state index is 0. The number of anilines is 1. The Bertz CT molecular complexity index is 917. The standard InChI is InChI=1S/C21H26N4O5.ClH/c1-2-3-4-5-6-16(26)23-11-12-9-13(22)10-14-18(12)21(30)25(20(14)29)15-7-8-17(27)24-19(15)28;/h9-10,15H,2-8,11,22H2,1H3,(H,23,26)(H,24,27,28);1H.